The van der Waals surface area contributed by atoms with E-state index in [1.54, 1.807) is 12.1 Å². The lowest BCUT2D eigenvalue weighted by atomic mass is 9.88. The molecule has 0 aliphatic heterocycles. The molecule has 0 atom stereocenters. The van der Waals surface area contributed by atoms with Crippen LogP contribution in [0.1, 0.15) is 36.0 Å². The second kappa shape index (κ2) is 6.14. The summed E-state index contributed by atoms with van der Waals surface area (Å²) < 4.78 is 0.581. The molecule has 0 radical (unpaired) electrons. The van der Waals surface area contributed by atoms with Gasteiger partial charge in [0.25, 0.3) is 5.91 Å². The van der Waals surface area contributed by atoms with Crippen LogP contribution in [0.15, 0.2) is 22.7 Å². The van der Waals surface area contributed by atoms with Crippen LogP contribution in [-0.2, 0) is 0 Å². The number of phenolic OH excluding ortho intramolecular Hbond substituents is 1. The van der Waals surface area contributed by atoms with Crippen LogP contribution in [0.4, 0.5) is 0 Å². The van der Waals surface area contributed by atoms with Crippen molar-refractivity contribution in [1.82, 2.24) is 5.32 Å². The van der Waals surface area contributed by atoms with E-state index in [9.17, 15) is 9.90 Å². The molecule has 0 saturated heterocycles. The quantitative estimate of drug-likeness (QED) is 0.817. The van der Waals surface area contributed by atoms with Gasteiger partial charge in [0, 0.05) is 23.4 Å². The molecular weight excluding hydrogens is 330 g/mol. The summed E-state index contributed by atoms with van der Waals surface area (Å²) in [6.07, 6.45) is 4.51. The topological polar surface area (TPSA) is 49.3 Å². The minimum atomic E-state index is -0.167. The van der Waals surface area contributed by atoms with Crippen molar-refractivity contribution in [3.8, 4) is 5.75 Å². The molecule has 1 aliphatic rings. The molecule has 1 aromatic carbocycles. The summed E-state index contributed by atoms with van der Waals surface area (Å²) in [5, 5.41) is 12.5. The molecule has 3 nitrogen and oxygen atoms in total. The second-order valence-corrected chi connectivity index (χ2v) is 6.31. The van der Waals surface area contributed by atoms with E-state index in [-0.39, 0.29) is 17.1 Å². The van der Waals surface area contributed by atoms with E-state index in [0.29, 0.717) is 22.5 Å². The predicted molar refractivity (Wildman–Crippen MR) is 79.8 cm³/mol. The second-order valence-electron chi connectivity index (χ2n) is 5.19. The van der Waals surface area contributed by atoms with E-state index in [1.807, 2.05) is 0 Å². The number of benzene rings is 1. The van der Waals surface area contributed by atoms with Crippen molar-refractivity contribution in [3.63, 3.8) is 0 Å². The fourth-order valence-electron chi connectivity index (χ4n) is 2.51. The normalized spacial score (nSPS) is 17.4. The number of carbonyl (C=O) groups is 1. The Morgan fingerprint density at radius 3 is 2.68 bits per heavy atom. The summed E-state index contributed by atoms with van der Waals surface area (Å²) >= 11 is 9.23. The average Bonchev–Trinajstić information content (AvgIpc) is 2.89. The number of alkyl halides is 1. The van der Waals surface area contributed by atoms with E-state index in [1.165, 1.54) is 18.9 Å². The van der Waals surface area contributed by atoms with Crippen LogP contribution >= 0.6 is 27.5 Å². The largest absolute Gasteiger partial charge is 0.507 e. The molecule has 2 rings (SSSR count). The fraction of sp³-hybridized carbons (Fsp3) is 0.500. The van der Waals surface area contributed by atoms with Gasteiger partial charge in [-0.15, -0.1) is 11.6 Å². The molecule has 0 aromatic heterocycles. The summed E-state index contributed by atoms with van der Waals surface area (Å²) in [6.45, 7) is 0.603. The van der Waals surface area contributed by atoms with Crippen molar-refractivity contribution >= 4 is 33.4 Å². The van der Waals surface area contributed by atoms with Gasteiger partial charge in [0.2, 0.25) is 0 Å². The first-order valence-corrected chi connectivity index (χ1v) is 7.72. The third kappa shape index (κ3) is 3.42. The Labute approximate surface area is 126 Å². The molecular formula is C14H17BrClNO2. The van der Waals surface area contributed by atoms with E-state index in [0.717, 1.165) is 12.8 Å². The minimum Gasteiger partial charge on any atom is -0.507 e. The molecule has 19 heavy (non-hydrogen) atoms. The SMILES string of the molecule is O=C(NCC1(CCl)CCCC1)c1ccc(Br)c(O)c1. The number of hydrogen-bond acceptors (Lipinski definition) is 2. The van der Waals surface area contributed by atoms with Crippen LogP contribution in [0.25, 0.3) is 0 Å². The fourth-order valence-corrected chi connectivity index (χ4v) is 3.11. The minimum absolute atomic E-state index is 0.0502. The Bertz CT molecular complexity index is 473. The number of nitrogens with one attached hydrogen (secondary N) is 1. The van der Waals surface area contributed by atoms with E-state index in [4.69, 9.17) is 11.6 Å². The molecule has 1 aliphatic carbocycles. The van der Waals surface area contributed by atoms with Crippen LogP contribution in [0.2, 0.25) is 0 Å². The van der Waals surface area contributed by atoms with Crippen LogP contribution in [0.5, 0.6) is 5.75 Å². The van der Waals surface area contributed by atoms with Gasteiger partial charge < -0.3 is 10.4 Å². The first-order chi connectivity index (χ1) is 9.06. The van der Waals surface area contributed by atoms with Gasteiger partial charge in [-0.1, -0.05) is 12.8 Å². The third-order valence-electron chi connectivity index (χ3n) is 3.78. The zero-order chi connectivity index (χ0) is 13.9. The van der Waals surface area contributed by atoms with Crippen molar-refractivity contribution in [2.45, 2.75) is 25.7 Å². The molecule has 0 heterocycles. The molecule has 1 saturated carbocycles. The standard InChI is InChI=1S/C14H17BrClNO2/c15-11-4-3-10(7-12(11)18)13(19)17-9-14(8-16)5-1-2-6-14/h3-4,7,18H,1-2,5-6,8-9H2,(H,17,19). The lowest BCUT2D eigenvalue weighted by Gasteiger charge is -2.26. The molecule has 1 amide bonds. The maximum Gasteiger partial charge on any atom is 0.251 e. The molecule has 0 unspecified atom stereocenters. The third-order valence-corrected chi connectivity index (χ3v) is 5.02. The van der Waals surface area contributed by atoms with Gasteiger partial charge in [-0.2, -0.15) is 0 Å². The van der Waals surface area contributed by atoms with E-state index < -0.39 is 0 Å². The van der Waals surface area contributed by atoms with Gasteiger partial charge >= 0.3 is 0 Å². The monoisotopic (exact) mass is 345 g/mol. The highest BCUT2D eigenvalue weighted by Gasteiger charge is 2.33. The Morgan fingerprint density at radius 1 is 1.42 bits per heavy atom. The van der Waals surface area contributed by atoms with Gasteiger partial charge in [-0.25, -0.2) is 0 Å². The summed E-state index contributed by atoms with van der Waals surface area (Å²) in [6, 6.07) is 4.81. The van der Waals surface area contributed by atoms with E-state index in [2.05, 4.69) is 21.2 Å². The highest BCUT2D eigenvalue weighted by molar-refractivity contribution is 9.10. The molecule has 5 heteroatoms. The van der Waals surface area contributed by atoms with Crippen LogP contribution < -0.4 is 5.32 Å². The Balaban J connectivity index is 1.99. The van der Waals surface area contributed by atoms with Gasteiger partial charge in [0.15, 0.2) is 0 Å². The Hall–Kier alpha value is -0.740. The summed E-state index contributed by atoms with van der Waals surface area (Å²) in [4.78, 5) is 12.0. The number of aromatic hydroxyl groups is 1. The Kier molecular flexibility index (Phi) is 4.74. The molecule has 0 bridgehead atoms. The highest BCUT2D eigenvalue weighted by Crippen LogP contribution is 2.38. The van der Waals surface area contributed by atoms with Crippen molar-refractivity contribution in [2.75, 3.05) is 12.4 Å². The zero-order valence-corrected chi connectivity index (χ0v) is 12.9. The summed E-state index contributed by atoms with van der Waals surface area (Å²) in [5.74, 6) is 0.485. The van der Waals surface area contributed by atoms with Gasteiger partial charge in [0.1, 0.15) is 5.75 Å². The molecule has 0 spiro atoms. The zero-order valence-electron chi connectivity index (χ0n) is 10.6. The van der Waals surface area contributed by atoms with Crippen molar-refractivity contribution < 1.29 is 9.90 Å². The molecule has 1 fully saturated rings. The van der Waals surface area contributed by atoms with Crippen molar-refractivity contribution in [2.24, 2.45) is 5.41 Å². The average molecular weight is 347 g/mol. The first kappa shape index (κ1) is 14.7. The Morgan fingerprint density at radius 2 is 2.11 bits per heavy atom. The lowest BCUT2D eigenvalue weighted by molar-refractivity contribution is 0.0934. The van der Waals surface area contributed by atoms with E-state index >= 15 is 0 Å². The first-order valence-electron chi connectivity index (χ1n) is 6.39. The van der Waals surface area contributed by atoms with Crippen LogP contribution in [-0.4, -0.2) is 23.4 Å². The summed E-state index contributed by atoms with van der Waals surface area (Å²) in [5.41, 5.74) is 0.512. The molecule has 2 N–H and O–H groups in total. The highest BCUT2D eigenvalue weighted by atomic mass is 79.9. The number of halogens is 2. The van der Waals surface area contributed by atoms with Gasteiger partial charge in [-0.05, 0) is 47.0 Å². The summed E-state index contributed by atoms with van der Waals surface area (Å²) in [7, 11) is 0. The predicted octanol–water partition coefficient (Wildman–Crippen LogP) is 3.68. The van der Waals surface area contributed by atoms with Gasteiger partial charge in [0.05, 0.1) is 4.47 Å². The number of hydrogen-bond donors (Lipinski definition) is 2. The smallest absolute Gasteiger partial charge is 0.251 e. The lowest BCUT2D eigenvalue weighted by Crippen LogP contribution is -2.37. The number of amides is 1. The molecule has 1 aromatic rings. The molecule has 104 valence electrons. The number of rotatable bonds is 4. The van der Waals surface area contributed by atoms with Gasteiger partial charge in [-0.3, -0.25) is 4.79 Å². The van der Waals surface area contributed by atoms with Crippen molar-refractivity contribution in [3.05, 3.63) is 28.2 Å². The number of phenols is 1. The van der Waals surface area contributed by atoms with Crippen molar-refractivity contribution in [1.29, 1.82) is 0 Å². The number of carbonyl (C=O) groups excluding carboxylic acids is 1. The van der Waals surface area contributed by atoms with Crippen LogP contribution in [0, 0.1) is 5.41 Å². The maximum absolute atomic E-state index is 12.0. The van der Waals surface area contributed by atoms with Crippen LogP contribution in [0.3, 0.4) is 0 Å². The maximum atomic E-state index is 12.0.